The van der Waals surface area contributed by atoms with Crippen molar-refractivity contribution < 1.29 is 19.2 Å². The average molecular weight is 306 g/mol. The molecule has 122 valence electrons. The van der Waals surface area contributed by atoms with E-state index in [-0.39, 0.29) is 65.6 Å². The molecule has 22 heavy (non-hydrogen) atoms. The Morgan fingerprint density at radius 2 is 1.77 bits per heavy atom. The predicted molar refractivity (Wildman–Crippen MR) is 82.2 cm³/mol. The van der Waals surface area contributed by atoms with Crippen molar-refractivity contribution in [1.82, 2.24) is 0 Å². The van der Waals surface area contributed by atoms with Gasteiger partial charge >= 0.3 is 0 Å². The van der Waals surface area contributed by atoms with Gasteiger partial charge in [-0.15, -0.1) is 0 Å². The van der Waals surface area contributed by atoms with Crippen LogP contribution < -0.4 is 0 Å². The Morgan fingerprint density at radius 1 is 1.09 bits per heavy atom. The number of hydrogen-bond donors (Lipinski definition) is 0. The van der Waals surface area contributed by atoms with E-state index in [1.54, 1.807) is 6.92 Å². The molecular weight excluding hydrogens is 280 g/mol. The highest BCUT2D eigenvalue weighted by Crippen LogP contribution is 2.44. The lowest BCUT2D eigenvalue weighted by atomic mass is 9.60. The number of hydrogen-bond acceptors (Lipinski definition) is 4. The van der Waals surface area contributed by atoms with E-state index in [0.717, 1.165) is 6.42 Å². The van der Waals surface area contributed by atoms with E-state index in [4.69, 9.17) is 0 Å². The highest BCUT2D eigenvalue weighted by atomic mass is 16.1. The SMILES string of the molecule is CCC(=O)CCC(=O)C1CC2CC(C)C(=O)CC2C(=O)C1C. The van der Waals surface area contributed by atoms with Crippen LogP contribution in [0.2, 0.25) is 0 Å². The molecule has 0 aliphatic heterocycles. The first-order valence-corrected chi connectivity index (χ1v) is 8.46. The molecule has 2 aliphatic rings. The molecule has 2 aliphatic carbocycles. The quantitative estimate of drug-likeness (QED) is 0.783. The van der Waals surface area contributed by atoms with Gasteiger partial charge in [0.1, 0.15) is 23.1 Å². The first-order valence-electron chi connectivity index (χ1n) is 8.46. The van der Waals surface area contributed by atoms with Crippen molar-refractivity contribution in [2.24, 2.45) is 29.6 Å². The number of Topliss-reactive ketones (excluding diaryl/α,β-unsaturated/α-hetero) is 4. The van der Waals surface area contributed by atoms with Gasteiger partial charge in [-0.3, -0.25) is 19.2 Å². The second kappa shape index (κ2) is 6.84. The Hall–Kier alpha value is -1.32. The van der Waals surface area contributed by atoms with Crippen LogP contribution in [0.15, 0.2) is 0 Å². The summed E-state index contributed by atoms with van der Waals surface area (Å²) < 4.78 is 0. The number of carbonyl (C=O) groups is 4. The van der Waals surface area contributed by atoms with E-state index < -0.39 is 0 Å². The first kappa shape index (κ1) is 17.0. The van der Waals surface area contributed by atoms with E-state index in [9.17, 15) is 19.2 Å². The molecule has 2 rings (SSSR count). The fourth-order valence-electron chi connectivity index (χ4n) is 4.03. The van der Waals surface area contributed by atoms with E-state index in [1.165, 1.54) is 0 Å². The molecular formula is C18H26O4. The van der Waals surface area contributed by atoms with E-state index in [0.29, 0.717) is 19.3 Å². The van der Waals surface area contributed by atoms with Crippen LogP contribution in [-0.2, 0) is 19.2 Å². The monoisotopic (exact) mass is 306 g/mol. The lowest BCUT2D eigenvalue weighted by molar-refractivity contribution is -0.146. The molecule has 5 unspecified atom stereocenters. The van der Waals surface area contributed by atoms with E-state index in [2.05, 4.69) is 0 Å². The van der Waals surface area contributed by atoms with Crippen LogP contribution in [0.4, 0.5) is 0 Å². The molecule has 0 amide bonds. The molecule has 0 aromatic rings. The molecule has 0 radical (unpaired) electrons. The van der Waals surface area contributed by atoms with Crippen molar-refractivity contribution in [3.8, 4) is 0 Å². The zero-order valence-electron chi connectivity index (χ0n) is 13.8. The van der Waals surface area contributed by atoms with Crippen LogP contribution >= 0.6 is 0 Å². The zero-order chi connectivity index (χ0) is 16.4. The largest absolute Gasteiger partial charge is 0.300 e. The number of ketones is 4. The van der Waals surface area contributed by atoms with Crippen LogP contribution in [0.3, 0.4) is 0 Å². The first-order chi connectivity index (χ1) is 10.3. The molecule has 2 saturated carbocycles. The maximum atomic E-state index is 12.5. The maximum absolute atomic E-state index is 12.5. The fourth-order valence-corrected chi connectivity index (χ4v) is 4.03. The van der Waals surface area contributed by atoms with Gasteiger partial charge in [0.15, 0.2) is 0 Å². The molecule has 0 aromatic carbocycles. The van der Waals surface area contributed by atoms with Gasteiger partial charge in [-0.25, -0.2) is 0 Å². The second-order valence-corrected chi connectivity index (χ2v) is 7.07. The number of fused-ring (bicyclic) bond motifs is 1. The molecule has 0 N–H and O–H groups in total. The maximum Gasteiger partial charge on any atom is 0.140 e. The van der Waals surface area contributed by atoms with Crippen molar-refractivity contribution in [2.75, 3.05) is 0 Å². The highest BCUT2D eigenvalue weighted by molar-refractivity contribution is 5.96. The minimum atomic E-state index is -0.313. The van der Waals surface area contributed by atoms with Gasteiger partial charge in [-0.1, -0.05) is 20.8 Å². The number of rotatable bonds is 5. The smallest absolute Gasteiger partial charge is 0.140 e. The summed E-state index contributed by atoms with van der Waals surface area (Å²) in [5.74, 6) is -0.196. The molecule has 0 aromatic heterocycles. The van der Waals surface area contributed by atoms with Gasteiger partial charge in [0.2, 0.25) is 0 Å². The van der Waals surface area contributed by atoms with Crippen LogP contribution in [0.1, 0.15) is 59.3 Å². The van der Waals surface area contributed by atoms with Crippen molar-refractivity contribution >= 4 is 23.1 Å². The van der Waals surface area contributed by atoms with Crippen molar-refractivity contribution in [3.05, 3.63) is 0 Å². The van der Waals surface area contributed by atoms with Gasteiger partial charge in [-0.2, -0.15) is 0 Å². The third-order valence-corrected chi connectivity index (χ3v) is 5.63. The Bertz CT molecular complexity index is 493. The van der Waals surface area contributed by atoms with Crippen LogP contribution in [-0.4, -0.2) is 23.1 Å². The molecule has 4 nitrogen and oxygen atoms in total. The topological polar surface area (TPSA) is 68.3 Å². The summed E-state index contributed by atoms with van der Waals surface area (Å²) in [4.78, 5) is 48.2. The van der Waals surface area contributed by atoms with Gasteiger partial charge in [0, 0.05) is 49.4 Å². The van der Waals surface area contributed by atoms with Crippen LogP contribution in [0.5, 0.6) is 0 Å². The van der Waals surface area contributed by atoms with Gasteiger partial charge in [0.25, 0.3) is 0 Å². The second-order valence-electron chi connectivity index (χ2n) is 7.07. The highest BCUT2D eigenvalue weighted by Gasteiger charge is 2.47. The standard InChI is InChI=1S/C18H26O4/c1-4-13(19)5-6-16(20)14-8-12-7-10(2)17(21)9-15(12)18(22)11(14)3/h10-12,14-15H,4-9H2,1-3H3. The molecule has 0 heterocycles. The number of carbonyl (C=O) groups excluding carboxylic acids is 4. The van der Waals surface area contributed by atoms with Crippen molar-refractivity contribution in [3.63, 3.8) is 0 Å². The third kappa shape index (κ3) is 3.36. The lowest BCUT2D eigenvalue weighted by Gasteiger charge is -2.42. The van der Waals surface area contributed by atoms with Gasteiger partial charge in [0.05, 0.1) is 0 Å². The third-order valence-electron chi connectivity index (χ3n) is 5.63. The Kier molecular flexibility index (Phi) is 5.30. The van der Waals surface area contributed by atoms with Crippen LogP contribution in [0, 0.1) is 29.6 Å². The van der Waals surface area contributed by atoms with E-state index >= 15 is 0 Å². The Labute approximate surface area is 132 Å². The summed E-state index contributed by atoms with van der Waals surface area (Å²) in [5, 5.41) is 0. The minimum absolute atomic E-state index is 0.000114. The summed E-state index contributed by atoms with van der Waals surface area (Å²) in [6, 6.07) is 0. The summed E-state index contributed by atoms with van der Waals surface area (Å²) in [6.45, 7) is 5.52. The predicted octanol–water partition coefficient (Wildman–Crippen LogP) is 2.77. The molecule has 0 saturated heterocycles. The van der Waals surface area contributed by atoms with Gasteiger partial charge in [-0.05, 0) is 18.8 Å². The minimum Gasteiger partial charge on any atom is -0.300 e. The average Bonchev–Trinajstić information content (AvgIpc) is 2.50. The lowest BCUT2D eigenvalue weighted by Crippen LogP contribution is -2.46. The normalized spacial score (nSPS) is 35.1. The molecule has 2 fully saturated rings. The summed E-state index contributed by atoms with van der Waals surface area (Å²) in [7, 11) is 0. The summed E-state index contributed by atoms with van der Waals surface area (Å²) in [6.07, 6.45) is 2.77. The van der Waals surface area contributed by atoms with Gasteiger partial charge < -0.3 is 0 Å². The Balaban J connectivity index is 2.05. The molecule has 0 spiro atoms. The Morgan fingerprint density at radius 3 is 2.41 bits per heavy atom. The summed E-state index contributed by atoms with van der Waals surface area (Å²) >= 11 is 0. The van der Waals surface area contributed by atoms with E-state index in [1.807, 2.05) is 13.8 Å². The van der Waals surface area contributed by atoms with Crippen molar-refractivity contribution in [2.45, 2.75) is 59.3 Å². The van der Waals surface area contributed by atoms with Crippen LogP contribution in [0.25, 0.3) is 0 Å². The van der Waals surface area contributed by atoms with Crippen molar-refractivity contribution in [1.29, 1.82) is 0 Å². The zero-order valence-corrected chi connectivity index (χ0v) is 13.8. The molecule has 4 heteroatoms. The molecule has 5 atom stereocenters. The summed E-state index contributed by atoms with van der Waals surface area (Å²) in [5.41, 5.74) is 0. The fraction of sp³-hybridized carbons (Fsp3) is 0.778. The molecule has 0 bridgehead atoms.